The molecule has 730 valence electrons. The van der Waals surface area contributed by atoms with Gasteiger partial charge in [0, 0.05) is 146 Å². The third-order valence-corrected chi connectivity index (χ3v) is 25.3. The zero-order valence-electron chi connectivity index (χ0n) is 89.0. The summed E-state index contributed by atoms with van der Waals surface area (Å²) in [6.45, 7) is 61.2. The molecule has 24 heteroatoms. The van der Waals surface area contributed by atoms with Crippen molar-refractivity contribution in [1.29, 1.82) is 0 Å². The quantitative estimate of drug-likeness (QED) is 0.0575. The molecular weight excluding hydrogens is 1730 g/mol. The van der Waals surface area contributed by atoms with Gasteiger partial charge in [-0.25, -0.2) is 29.9 Å². The second-order valence-electron chi connectivity index (χ2n) is 38.6. The van der Waals surface area contributed by atoms with Crippen molar-refractivity contribution in [1.82, 2.24) is 103 Å². The van der Waals surface area contributed by atoms with Crippen LogP contribution in [0, 0.1) is 54.8 Å². The summed E-state index contributed by atoms with van der Waals surface area (Å²) >= 11 is 0. The Hall–Kier alpha value is -12.0. The number of hydrogen-bond acceptors (Lipinski definition) is 17. The molecule has 0 saturated carbocycles. The molecule has 1 aliphatic rings. The van der Waals surface area contributed by atoms with Crippen molar-refractivity contribution < 1.29 is 39.0 Å². The molecule has 23 nitrogen and oxygen atoms in total. The van der Waals surface area contributed by atoms with Crippen molar-refractivity contribution in [3.8, 4) is 56.7 Å². The number of aryl methyl sites for hydroxylation is 9. The predicted molar refractivity (Wildman–Crippen MR) is 572 cm³/mol. The van der Waals surface area contributed by atoms with Crippen molar-refractivity contribution in [2.24, 2.45) is 35.2 Å². The Morgan fingerprint density at radius 2 is 1.01 bits per heavy atom. The molecule has 17 aromatic rings. The smallest absolute Gasteiger partial charge is 0.493 e. The van der Waals surface area contributed by atoms with E-state index in [-0.39, 0.29) is 29.6 Å². The van der Waals surface area contributed by atoms with Crippen LogP contribution in [-0.4, -0.2) is 156 Å². The summed E-state index contributed by atoms with van der Waals surface area (Å²) in [5.41, 5.74) is 28.8. The van der Waals surface area contributed by atoms with Crippen LogP contribution in [0.25, 0.3) is 100 Å². The van der Waals surface area contributed by atoms with Crippen molar-refractivity contribution in [2.45, 2.75) is 225 Å². The summed E-state index contributed by atoms with van der Waals surface area (Å²) in [6, 6.07) is 51.6. The van der Waals surface area contributed by atoms with Crippen molar-refractivity contribution in [3.05, 3.63) is 295 Å². The summed E-state index contributed by atoms with van der Waals surface area (Å²) in [5, 5.41) is 21.7. The van der Waals surface area contributed by atoms with Gasteiger partial charge in [-0.1, -0.05) is 179 Å². The fourth-order valence-electron chi connectivity index (χ4n) is 16.2. The number of benzene rings is 4. The first kappa shape index (κ1) is 111. The van der Waals surface area contributed by atoms with E-state index in [0.29, 0.717) is 76.8 Å². The van der Waals surface area contributed by atoms with E-state index in [4.69, 9.17) is 19.4 Å². The number of methoxy groups -OCH3 is 2. The maximum absolute atomic E-state index is 5.30. The van der Waals surface area contributed by atoms with E-state index in [1.54, 1.807) is 26.6 Å². The second-order valence-corrected chi connectivity index (χ2v) is 38.6. The van der Waals surface area contributed by atoms with E-state index in [9.17, 15) is 0 Å². The van der Waals surface area contributed by atoms with Gasteiger partial charge in [0.1, 0.15) is 22.8 Å². The fourth-order valence-corrected chi connectivity index (χ4v) is 16.2. The molecule has 139 heavy (non-hydrogen) atoms. The van der Waals surface area contributed by atoms with Crippen LogP contribution in [0.2, 0.25) is 0 Å². The van der Waals surface area contributed by atoms with Gasteiger partial charge in [-0.2, -0.15) is 20.4 Å². The molecule has 13 aromatic heterocycles. The number of hydrogen-bond donors (Lipinski definition) is 0. The van der Waals surface area contributed by atoms with E-state index in [1.807, 2.05) is 98.9 Å². The summed E-state index contributed by atoms with van der Waals surface area (Å²) in [6.07, 6.45) is 21.0. The maximum atomic E-state index is 5.30. The van der Waals surface area contributed by atoms with E-state index in [0.717, 1.165) is 98.4 Å². The first-order valence-electron chi connectivity index (χ1n) is 48.5. The van der Waals surface area contributed by atoms with Crippen LogP contribution < -0.4 is 39.0 Å². The zero-order chi connectivity index (χ0) is 101. The van der Waals surface area contributed by atoms with Gasteiger partial charge in [-0.15, -0.1) is 19.2 Å². The van der Waals surface area contributed by atoms with Gasteiger partial charge >= 0.3 is 29.6 Å². The minimum absolute atomic E-state index is 0. The molecule has 14 heterocycles. The molecular formula is C115H150N21NaO2-2. The maximum Gasteiger partial charge on any atom is 1.00 e. The van der Waals surface area contributed by atoms with E-state index < -0.39 is 0 Å². The van der Waals surface area contributed by atoms with Crippen LogP contribution in [0.1, 0.15) is 258 Å². The Kier molecular flexibility index (Phi) is 41.2. The standard InChI is InChI=1S/C17H19N3.C16H23N3.C15H16N4.C15H18N2O2.C14H18N2.2C12H16N2.C7H9N2.C7H15N.Na/c1-11(2)13-7-8-18-16(9-13)15-6-5-14-12(3)10-20(4)17(14)19-15;1-11(2)13-5-6-15-16(9-13)19(12(3)17-15)14-7-8-18(4)10-14;1-10(2)12-7-14(18-16-8-12)11-4-5-15-13(6-11)9-17-19(15)3;1-10(2)12-7-8-16-15(17-12)11-5-6-13(18-3)14(9-11)19-4;1-10(2)12-5-7-13(8-6-12)14-9-15-16(4)11(14)3;1-8(2)11-6-10-5-9(3)14(4)12(10)13-7-11;1-8(2)11-6-5-10-9(3)7-14(4)12(10)13-11;1-6(2)7-3-4-8-5-9-7;1-5-8(6-2)7(3)4;/h5-11H,1-4H3;5-6,9,11,14H,7-8,10H2,1-4H3;4-10H,1-3H3;5-10H,1-4H3;5-10H,1-4H3;2*5-8H,1-4H3;3-4,6H,1-2H3;7H,1-2,5-6H2,3-4H3;/q;;;;;;;-1;-2;+1/t;14-;;;;;;;;/m.0......../s1. The normalized spacial score (nSPS) is 12.4. The Bertz CT molecular complexity index is 6730. The minimum Gasteiger partial charge on any atom is -0.493 e. The Balaban J connectivity index is 0.000000177. The molecule has 1 saturated heterocycles. The van der Waals surface area contributed by atoms with Gasteiger partial charge in [0.15, 0.2) is 17.3 Å². The van der Waals surface area contributed by atoms with Crippen LogP contribution in [0.4, 0.5) is 0 Å². The van der Waals surface area contributed by atoms with Gasteiger partial charge in [-0.3, -0.25) is 14.3 Å². The van der Waals surface area contributed by atoms with Crippen LogP contribution in [0.3, 0.4) is 0 Å². The van der Waals surface area contributed by atoms with Gasteiger partial charge in [-0.05, 0) is 250 Å². The van der Waals surface area contributed by atoms with Crippen LogP contribution in [0.15, 0.2) is 201 Å². The molecule has 1 aliphatic heterocycles. The number of aromatic nitrogens is 19. The minimum atomic E-state index is 0. The number of likely N-dealkylation sites (tertiary alicyclic amines) is 1. The number of fused-ring (bicyclic) bond motifs is 5. The zero-order valence-corrected chi connectivity index (χ0v) is 91.0. The largest absolute Gasteiger partial charge is 1.00 e. The summed E-state index contributed by atoms with van der Waals surface area (Å²) < 4.78 is 23.0. The summed E-state index contributed by atoms with van der Waals surface area (Å²) in [5.74, 6) is 7.24. The number of nitrogens with zero attached hydrogens (tertiary/aromatic N) is 21. The molecule has 1 atom stereocenters. The van der Waals surface area contributed by atoms with Crippen molar-refractivity contribution >= 4 is 55.0 Å². The third-order valence-electron chi connectivity index (χ3n) is 25.3. The topological polar surface area (TPSA) is 222 Å². The predicted octanol–water partition coefficient (Wildman–Crippen LogP) is 23.1. The average Bonchev–Trinajstić information content (AvgIpc) is 1.65. The molecule has 0 unspecified atom stereocenters. The fraction of sp³-hybridized carbons (Fsp3) is 0.400. The number of rotatable bonds is 18. The first-order chi connectivity index (χ1) is 65.7. The molecule has 4 aromatic carbocycles. The number of ether oxygens (including phenoxy) is 2. The summed E-state index contributed by atoms with van der Waals surface area (Å²) in [7, 11) is 15.5. The Morgan fingerprint density at radius 3 is 1.58 bits per heavy atom. The number of likely N-dealkylation sites (N-methyl/N-ethyl adjacent to an activating group) is 1. The summed E-state index contributed by atoms with van der Waals surface area (Å²) in [4.78, 5) is 44.2. The van der Waals surface area contributed by atoms with Crippen molar-refractivity contribution in [3.63, 3.8) is 0 Å². The second kappa shape index (κ2) is 51.8. The third kappa shape index (κ3) is 29.3. The Morgan fingerprint density at radius 1 is 0.446 bits per heavy atom. The van der Waals surface area contributed by atoms with E-state index >= 15 is 0 Å². The SMILES string of the molecule is CC(C)c1ccn[c-]n1.CC(C)c1cnnc(-c2ccc3c(cnn3C)c2)c1.COc1ccc(-c2nccc(C(C)C)n2)cc1OC.Cc1c(-c2ccc(C(C)C)cc2)cnn1C.Cc1cc2cc(C(C)C)cnc2n1C.Cc1cn(C)c2nc(-c3cc(C(C)C)ccn3)ccc12.Cc1cn(C)c2nc(C(C)C)ccc12.Cc1nc2ccc(C(C)C)cc2n1[C@H]1CCN(C)C1.[CH2-]CN(C[CH2-])C(C)C.[Na+]. The van der Waals surface area contributed by atoms with Gasteiger partial charge in [0.2, 0.25) is 0 Å². The van der Waals surface area contributed by atoms with Crippen molar-refractivity contribution in [2.75, 3.05) is 47.4 Å². The van der Waals surface area contributed by atoms with Crippen LogP contribution >= 0.6 is 0 Å². The van der Waals surface area contributed by atoms with Gasteiger partial charge in [0.25, 0.3) is 0 Å². The molecule has 1 fully saturated rings. The van der Waals surface area contributed by atoms with Crippen LogP contribution in [-0.2, 0) is 35.2 Å². The van der Waals surface area contributed by atoms with E-state index in [1.165, 1.54) is 102 Å². The molecule has 0 N–H and O–H groups in total. The molecule has 0 amide bonds. The van der Waals surface area contributed by atoms with Crippen LogP contribution in [0.5, 0.6) is 11.5 Å². The van der Waals surface area contributed by atoms with Gasteiger partial charge in [0.05, 0.1) is 66.4 Å². The Labute approximate surface area is 849 Å². The molecule has 0 radical (unpaired) electrons. The number of imidazole rings is 1. The molecule has 0 aliphatic carbocycles. The van der Waals surface area contributed by atoms with E-state index in [2.05, 4.69) is 405 Å². The molecule has 0 spiro atoms. The first-order valence-corrected chi connectivity index (χ1v) is 48.5. The monoisotopic (exact) mass is 1880 g/mol. The average molecular weight is 1880 g/mol. The molecule has 0 bridgehead atoms. The molecule has 18 rings (SSSR count). The van der Waals surface area contributed by atoms with Gasteiger partial charge < -0.3 is 61.4 Å². The number of pyridine rings is 4.